The summed E-state index contributed by atoms with van der Waals surface area (Å²) in [6, 6.07) is 12.3. The summed E-state index contributed by atoms with van der Waals surface area (Å²) >= 11 is 0. The quantitative estimate of drug-likeness (QED) is 0.0307. The molecule has 0 bridgehead atoms. The van der Waals surface area contributed by atoms with Crippen molar-refractivity contribution in [3.8, 4) is 11.5 Å². The molecular formula is C46H57NO11. The number of benzene rings is 2. The van der Waals surface area contributed by atoms with E-state index < -0.39 is 47.6 Å². The minimum absolute atomic E-state index is 0.102. The van der Waals surface area contributed by atoms with Crippen molar-refractivity contribution in [2.75, 3.05) is 13.2 Å². The Morgan fingerprint density at radius 1 is 0.776 bits per heavy atom. The molecule has 58 heavy (non-hydrogen) atoms. The molecule has 1 fully saturated rings. The molecular weight excluding hydrogens is 743 g/mol. The molecule has 1 aliphatic heterocycles. The first-order chi connectivity index (χ1) is 27.9. The topological polar surface area (TPSA) is 167 Å². The van der Waals surface area contributed by atoms with Crippen molar-refractivity contribution < 1.29 is 52.8 Å². The van der Waals surface area contributed by atoms with Crippen molar-refractivity contribution in [2.24, 2.45) is 5.41 Å². The lowest BCUT2D eigenvalue weighted by Gasteiger charge is -2.32. The van der Waals surface area contributed by atoms with Crippen molar-refractivity contribution in [1.82, 2.24) is 5.32 Å². The van der Waals surface area contributed by atoms with Crippen LogP contribution in [0.5, 0.6) is 11.5 Å². The van der Waals surface area contributed by atoms with Gasteiger partial charge in [-0.2, -0.15) is 0 Å². The zero-order chi connectivity index (χ0) is 42.2. The molecule has 1 heterocycles. The van der Waals surface area contributed by atoms with Crippen LogP contribution >= 0.6 is 0 Å². The van der Waals surface area contributed by atoms with Crippen LogP contribution in [0.25, 0.3) is 0 Å². The molecule has 3 rings (SSSR count). The Hall–Kier alpha value is -5.75. The van der Waals surface area contributed by atoms with Crippen LogP contribution in [0.1, 0.15) is 106 Å². The molecule has 2 N–H and O–H groups in total. The Morgan fingerprint density at radius 2 is 1.31 bits per heavy atom. The number of amides is 1. The highest BCUT2D eigenvalue weighted by molar-refractivity contribution is 5.98. The van der Waals surface area contributed by atoms with Crippen molar-refractivity contribution in [1.29, 1.82) is 0 Å². The molecule has 1 amide bonds. The molecule has 1 aliphatic rings. The van der Waals surface area contributed by atoms with E-state index in [2.05, 4.69) is 60.8 Å². The number of allylic oxidation sites excluding steroid dienone is 10. The first kappa shape index (κ1) is 46.6. The lowest BCUT2D eigenvalue weighted by Crippen LogP contribution is -2.49. The summed E-state index contributed by atoms with van der Waals surface area (Å²) in [6.07, 6.45) is 24.7. The summed E-state index contributed by atoms with van der Waals surface area (Å²) in [6.45, 7) is 6.60. The number of nitrogens with one attached hydrogen (secondary N) is 1. The Bertz CT molecular complexity index is 1810. The highest BCUT2D eigenvalue weighted by Crippen LogP contribution is 2.31. The molecule has 0 aliphatic carbocycles. The number of carboxylic acid groups (broad SMARTS) is 1. The van der Waals surface area contributed by atoms with Crippen LogP contribution in [-0.2, 0) is 28.6 Å². The predicted octanol–water partition coefficient (Wildman–Crippen LogP) is 8.64. The van der Waals surface area contributed by atoms with E-state index in [-0.39, 0.29) is 54.7 Å². The number of rotatable bonds is 26. The van der Waals surface area contributed by atoms with Crippen molar-refractivity contribution >= 4 is 29.8 Å². The molecule has 0 radical (unpaired) electrons. The minimum Gasteiger partial charge on any atom is -0.481 e. The monoisotopic (exact) mass is 799 g/mol. The number of carboxylic acids is 1. The van der Waals surface area contributed by atoms with Crippen LogP contribution in [0.3, 0.4) is 0 Å². The van der Waals surface area contributed by atoms with Gasteiger partial charge in [0.1, 0.15) is 35.3 Å². The molecule has 12 heteroatoms. The van der Waals surface area contributed by atoms with Crippen LogP contribution in [0, 0.1) is 5.41 Å². The molecule has 3 atom stereocenters. The second-order valence-electron chi connectivity index (χ2n) is 14.2. The summed E-state index contributed by atoms with van der Waals surface area (Å²) < 4.78 is 27.9. The summed E-state index contributed by atoms with van der Waals surface area (Å²) in [7, 11) is 0. The third-order valence-electron chi connectivity index (χ3n) is 8.64. The zero-order valence-electron chi connectivity index (χ0n) is 33.9. The smallest absolute Gasteiger partial charge is 0.347 e. The number of ether oxygens (including phenoxy) is 5. The minimum atomic E-state index is -1.53. The first-order valence-electron chi connectivity index (χ1n) is 19.8. The fraction of sp³-hybridized carbons (Fsp3) is 0.413. The Kier molecular flexibility index (Phi) is 20.5. The molecule has 3 unspecified atom stereocenters. The fourth-order valence-corrected chi connectivity index (χ4v) is 5.30. The third kappa shape index (κ3) is 17.6. The Labute approximate surface area is 341 Å². The normalized spacial score (nSPS) is 15.9. The van der Waals surface area contributed by atoms with E-state index in [1.165, 1.54) is 24.3 Å². The molecule has 0 aromatic heterocycles. The van der Waals surface area contributed by atoms with Gasteiger partial charge in [-0.3, -0.25) is 14.4 Å². The number of epoxide rings is 1. The molecule has 312 valence electrons. The number of carbonyl (C=O) groups is 5. The SMILES string of the molecule is CCC=CCC=CCC=CCC=CCC=CCCCC(=O)OCC(C)(C)C(OC(=O)c1ccccc1OC(=O)c1ccccc1OC1OC1C)C(=O)NCCC(=O)O. The van der Waals surface area contributed by atoms with Crippen LogP contribution in [0.2, 0.25) is 0 Å². The lowest BCUT2D eigenvalue weighted by atomic mass is 9.86. The maximum atomic E-state index is 13.7. The molecule has 2 aromatic carbocycles. The molecule has 1 saturated heterocycles. The largest absolute Gasteiger partial charge is 0.481 e. The lowest BCUT2D eigenvalue weighted by molar-refractivity contribution is -0.153. The second-order valence-corrected chi connectivity index (χ2v) is 14.2. The van der Waals surface area contributed by atoms with Crippen LogP contribution in [0.15, 0.2) is 109 Å². The highest BCUT2D eigenvalue weighted by atomic mass is 16.8. The summed E-state index contributed by atoms with van der Waals surface area (Å²) in [5.74, 6) is -4.10. The first-order valence-corrected chi connectivity index (χ1v) is 19.8. The van der Waals surface area contributed by atoms with Crippen LogP contribution < -0.4 is 14.8 Å². The van der Waals surface area contributed by atoms with Gasteiger partial charge in [0.05, 0.1) is 6.42 Å². The molecule has 0 saturated carbocycles. The summed E-state index contributed by atoms with van der Waals surface area (Å²) in [5, 5.41) is 11.6. The van der Waals surface area contributed by atoms with E-state index in [0.29, 0.717) is 12.8 Å². The fourth-order valence-electron chi connectivity index (χ4n) is 5.30. The van der Waals surface area contributed by atoms with Gasteiger partial charge in [-0.25, -0.2) is 9.59 Å². The number of aliphatic carboxylic acids is 1. The zero-order valence-corrected chi connectivity index (χ0v) is 33.9. The second kappa shape index (κ2) is 25.5. The van der Waals surface area contributed by atoms with E-state index in [0.717, 1.165) is 32.1 Å². The van der Waals surface area contributed by atoms with Gasteiger partial charge in [0.25, 0.3) is 5.91 Å². The van der Waals surface area contributed by atoms with Gasteiger partial charge in [-0.05, 0) is 76.1 Å². The average molecular weight is 800 g/mol. The van der Waals surface area contributed by atoms with Gasteiger partial charge in [0.2, 0.25) is 6.29 Å². The molecule has 2 aromatic rings. The predicted molar refractivity (Wildman–Crippen MR) is 220 cm³/mol. The number of hydrogen-bond acceptors (Lipinski definition) is 10. The van der Waals surface area contributed by atoms with Crippen molar-refractivity contribution in [2.45, 2.75) is 104 Å². The summed E-state index contributed by atoms with van der Waals surface area (Å²) in [5.41, 5.74) is -1.31. The van der Waals surface area contributed by atoms with Crippen molar-refractivity contribution in [3.63, 3.8) is 0 Å². The van der Waals surface area contributed by atoms with E-state index >= 15 is 0 Å². The summed E-state index contributed by atoms with van der Waals surface area (Å²) in [4.78, 5) is 64.1. The maximum Gasteiger partial charge on any atom is 0.347 e. The van der Waals surface area contributed by atoms with Crippen LogP contribution in [-0.4, -0.2) is 66.5 Å². The van der Waals surface area contributed by atoms with Crippen LogP contribution in [0.4, 0.5) is 0 Å². The Morgan fingerprint density at radius 3 is 1.88 bits per heavy atom. The van der Waals surface area contributed by atoms with Gasteiger partial charge < -0.3 is 34.1 Å². The average Bonchev–Trinajstić information content (AvgIpc) is 3.90. The highest BCUT2D eigenvalue weighted by Gasteiger charge is 2.41. The number of esters is 3. The van der Waals surface area contributed by atoms with E-state index in [1.807, 2.05) is 19.1 Å². The van der Waals surface area contributed by atoms with E-state index in [4.69, 9.17) is 28.8 Å². The standard InChI is InChI=1S/C46H57NO11/c1-5-6-7-8-9-10-11-12-13-14-15-16-17-18-19-20-21-30-40(50)54-33-46(3,4)41(42(51)47-32-31-39(48)49)58-44(53)35-26-22-24-28-37(35)56-43(52)36-27-23-25-29-38(36)57-45-34(2)55-45/h6-7,9-10,12-13,15-16,18-19,22-29,34,41,45H,5,8,11,14,17,20-21,30-33H2,1-4H3,(H,47,51)(H,48,49). The number of unbranched alkanes of at least 4 members (excludes halogenated alkanes) is 1. The molecule has 0 spiro atoms. The van der Waals surface area contributed by atoms with E-state index in [1.54, 1.807) is 38.1 Å². The third-order valence-corrected chi connectivity index (χ3v) is 8.64. The number of hydrogen-bond donors (Lipinski definition) is 2. The van der Waals surface area contributed by atoms with Gasteiger partial charge in [-0.15, -0.1) is 0 Å². The van der Waals surface area contributed by atoms with Gasteiger partial charge >= 0.3 is 23.9 Å². The van der Waals surface area contributed by atoms with Gasteiger partial charge in [-0.1, -0.05) is 106 Å². The number of para-hydroxylation sites is 2. The van der Waals surface area contributed by atoms with Gasteiger partial charge in [0, 0.05) is 18.4 Å². The van der Waals surface area contributed by atoms with Gasteiger partial charge in [0.15, 0.2) is 6.10 Å². The number of carbonyl (C=O) groups excluding carboxylic acids is 4. The van der Waals surface area contributed by atoms with E-state index in [9.17, 15) is 24.0 Å². The molecule has 12 nitrogen and oxygen atoms in total. The van der Waals surface area contributed by atoms with Crippen molar-refractivity contribution in [3.05, 3.63) is 120 Å². The Balaban J connectivity index is 1.53. The maximum absolute atomic E-state index is 13.7.